The van der Waals surface area contributed by atoms with Crippen molar-refractivity contribution in [3.63, 3.8) is 0 Å². The Kier molecular flexibility index (Phi) is 3.24. The first-order valence-electron chi connectivity index (χ1n) is 5.72. The first-order valence-corrected chi connectivity index (χ1v) is 5.72. The molecule has 1 aliphatic rings. The lowest BCUT2D eigenvalue weighted by molar-refractivity contribution is -0.118. The van der Waals surface area contributed by atoms with Gasteiger partial charge in [0, 0.05) is 18.8 Å². The molecule has 1 fully saturated rings. The molecule has 2 heterocycles. The number of piperidine rings is 1. The zero-order chi connectivity index (χ0) is 11.5. The minimum atomic E-state index is -0.0592. The van der Waals surface area contributed by atoms with E-state index >= 15 is 0 Å². The zero-order valence-electron chi connectivity index (χ0n) is 9.79. The molecular weight excluding hydrogens is 204 g/mol. The minimum absolute atomic E-state index is 0.0257. The van der Waals surface area contributed by atoms with Crippen LogP contribution in [0.2, 0.25) is 0 Å². The molecule has 5 heteroatoms. The average Bonchev–Trinajstić information content (AvgIpc) is 2.59. The number of rotatable bonds is 2. The maximum atomic E-state index is 11.9. The van der Waals surface area contributed by atoms with Gasteiger partial charge >= 0.3 is 0 Å². The highest BCUT2D eigenvalue weighted by Crippen LogP contribution is 2.11. The third-order valence-electron chi connectivity index (χ3n) is 2.99. The van der Waals surface area contributed by atoms with E-state index < -0.39 is 0 Å². The number of aryl methyl sites for hydroxylation is 2. The van der Waals surface area contributed by atoms with Gasteiger partial charge in [0.1, 0.15) is 0 Å². The fourth-order valence-corrected chi connectivity index (χ4v) is 1.91. The SMILES string of the molecule is Cc1cc(NC(=O)C2CCCCN2)nn1C. The second-order valence-corrected chi connectivity index (χ2v) is 4.29. The summed E-state index contributed by atoms with van der Waals surface area (Å²) in [6.45, 7) is 2.89. The van der Waals surface area contributed by atoms with E-state index in [2.05, 4.69) is 15.7 Å². The molecule has 0 saturated carbocycles. The molecule has 1 aromatic rings. The molecule has 1 saturated heterocycles. The number of nitrogens with one attached hydrogen (secondary N) is 2. The lowest BCUT2D eigenvalue weighted by Gasteiger charge is -2.21. The van der Waals surface area contributed by atoms with Crippen LogP contribution < -0.4 is 10.6 Å². The Morgan fingerprint density at radius 1 is 1.62 bits per heavy atom. The van der Waals surface area contributed by atoms with E-state index in [1.807, 2.05) is 20.0 Å². The van der Waals surface area contributed by atoms with Gasteiger partial charge < -0.3 is 10.6 Å². The van der Waals surface area contributed by atoms with E-state index in [1.54, 1.807) is 4.68 Å². The van der Waals surface area contributed by atoms with Crippen molar-refractivity contribution in [3.8, 4) is 0 Å². The molecule has 1 unspecified atom stereocenters. The Balaban J connectivity index is 1.95. The summed E-state index contributed by atoms with van der Waals surface area (Å²) in [6, 6.07) is 1.82. The number of amides is 1. The normalized spacial score (nSPS) is 20.8. The standard InChI is InChI=1S/C11H18N4O/c1-8-7-10(14-15(8)2)13-11(16)9-5-3-4-6-12-9/h7,9,12H,3-6H2,1-2H3,(H,13,14,16). The Morgan fingerprint density at radius 2 is 2.44 bits per heavy atom. The van der Waals surface area contributed by atoms with Crippen molar-refractivity contribution in [2.75, 3.05) is 11.9 Å². The van der Waals surface area contributed by atoms with Crippen molar-refractivity contribution < 1.29 is 4.79 Å². The van der Waals surface area contributed by atoms with Gasteiger partial charge in [-0.15, -0.1) is 0 Å². The third-order valence-corrected chi connectivity index (χ3v) is 2.99. The fourth-order valence-electron chi connectivity index (χ4n) is 1.91. The predicted molar refractivity (Wildman–Crippen MR) is 62.2 cm³/mol. The van der Waals surface area contributed by atoms with E-state index in [9.17, 15) is 4.79 Å². The molecule has 2 rings (SSSR count). The van der Waals surface area contributed by atoms with E-state index in [-0.39, 0.29) is 11.9 Å². The molecule has 88 valence electrons. The third kappa shape index (κ3) is 2.41. The topological polar surface area (TPSA) is 59.0 Å². The van der Waals surface area contributed by atoms with Crippen molar-refractivity contribution in [1.82, 2.24) is 15.1 Å². The summed E-state index contributed by atoms with van der Waals surface area (Å²) in [4.78, 5) is 11.9. The molecule has 0 spiro atoms. The highest BCUT2D eigenvalue weighted by atomic mass is 16.2. The number of hydrogen-bond acceptors (Lipinski definition) is 3. The first kappa shape index (κ1) is 11.1. The van der Waals surface area contributed by atoms with Gasteiger partial charge in [-0.1, -0.05) is 6.42 Å². The number of aromatic nitrogens is 2. The molecule has 0 aromatic carbocycles. The summed E-state index contributed by atoms with van der Waals surface area (Å²) < 4.78 is 1.75. The van der Waals surface area contributed by atoms with Gasteiger partial charge in [0.05, 0.1) is 6.04 Å². The Morgan fingerprint density at radius 3 is 3.00 bits per heavy atom. The van der Waals surface area contributed by atoms with Crippen molar-refractivity contribution in [2.24, 2.45) is 7.05 Å². The molecule has 1 aromatic heterocycles. The largest absolute Gasteiger partial charge is 0.308 e. The van der Waals surface area contributed by atoms with Crippen molar-refractivity contribution >= 4 is 11.7 Å². The predicted octanol–water partition coefficient (Wildman–Crippen LogP) is 0.809. The van der Waals surface area contributed by atoms with Crippen LogP contribution in [0.15, 0.2) is 6.07 Å². The van der Waals surface area contributed by atoms with Crippen LogP contribution in [0, 0.1) is 6.92 Å². The van der Waals surface area contributed by atoms with E-state index in [0.717, 1.165) is 31.5 Å². The first-order chi connectivity index (χ1) is 7.66. The summed E-state index contributed by atoms with van der Waals surface area (Å²) in [6.07, 6.45) is 3.19. The van der Waals surface area contributed by atoms with Gasteiger partial charge in [-0.25, -0.2) is 0 Å². The number of hydrogen-bond donors (Lipinski definition) is 2. The highest BCUT2D eigenvalue weighted by molar-refractivity contribution is 5.94. The van der Waals surface area contributed by atoms with Crippen LogP contribution in [-0.2, 0) is 11.8 Å². The van der Waals surface area contributed by atoms with Gasteiger partial charge in [-0.05, 0) is 26.3 Å². The maximum absolute atomic E-state index is 11.9. The average molecular weight is 222 g/mol. The molecule has 1 atom stereocenters. The summed E-state index contributed by atoms with van der Waals surface area (Å²) in [7, 11) is 1.86. The van der Waals surface area contributed by atoms with Gasteiger partial charge in [0.2, 0.25) is 5.91 Å². The van der Waals surface area contributed by atoms with E-state index in [0.29, 0.717) is 5.82 Å². The van der Waals surface area contributed by atoms with Crippen LogP contribution in [0.3, 0.4) is 0 Å². The van der Waals surface area contributed by atoms with Crippen molar-refractivity contribution in [1.29, 1.82) is 0 Å². The van der Waals surface area contributed by atoms with Crippen LogP contribution in [0.25, 0.3) is 0 Å². The van der Waals surface area contributed by atoms with Crippen LogP contribution in [0.4, 0.5) is 5.82 Å². The van der Waals surface area contributed by atoms with Gasteiger partial charge in [0.15, 0.2) is 5.82 Å². The smallest absolute Gasteiger partial charge is 0.242 e. The van der Waals surface area contributed by atoms with E-state index in [4.69, 9.17) is 0 Å². The fraction of sp³-hybridized carbons (Fsp3) is 0.636. The Labute approximate surface area is 95.2 Å². The van der Waals surface area contributed by atoms with Crippen molar-refractivity contribution in [3.05, 3.63) is 11.8 Å². The molecule has 1 amide bonds. The molecule has 0 bridgehead atoms. The van der Waals surface area contributed by atoms with Gasteiger partial charge in [-0.3, -0.25) is 9.48 Å². The second-order valence-electron chi connectivity index (χ2n) is 4.29. The Bertz CT molecular complexity index is 360. The molecule has 0 aliphatic carbocycles. The molecule has 16 heavy (non-hydrogen) atoms. The Hall–Kier alpha value is -1.36. The number of carbonyl (C=O) groups is 1. The maximum Gasteiger partial charge on any atom is 0.242 e. The number of anilines is 1. The summed E-state index contributed by atoms with van der Waals surface area (Å²) in [5, 5.41) is 10.3. The summed E-state index contributed by atoms with van der Waals surface area (Å²) in [5.41, 5.74) is 1.03. The monoisotopic (exact) mass is 222 g/mol. The van der Waals surface area contributed by atoms with Crippen LogP contribution in [-0.4, -0.2) is 28.3 Å². The zero-order valence-corrected chi connectivity index (χ0v) is 9.79. The van der Waals surface area contributed by atoms with Gasteiger partial charge in [-0.2, -0.15) is 5.10 Å². The second kappa shape index (κ2) is 4.65. The molecule has 2 N–H and O–H groups in total. The van der Waals surface area contributed by atoms with Gasteiger partial charge in [0.25, 0.3) is 0 Å². The van der Waals surface area contributed by atoms with Crippen LogP contribution in [0.1, 0.15) is 25.0 Å². The van der Waals surface area contributed by atoms with Crippen molar-refractivity contribution in [2.45, 2.75) is 32.2 Å². The number of carbonyl (C=O) groups excluding carboxylic acids is 1. The van der Waals surface area contributed by atoms with E-state index in [1.165, 1.54) is 0 Å². The lowest BCUT2D eigenvalue weighted by Crippen LogP contribution is -2.43. The minimum Gasteiger partial charge on any atom is -0.308 e. The molecular formula is C11H18N4O. The molecule has 1 aliphatic heterocycles. The summed E-state index contributed by atoms with van der Waals surface area (Å²) >= 11 is 0. The lowest BCUT2D eigenvalue weighted by atomic mass is 10.0. The number of nitrogens with zero attached hydrogens (tertiary/aromatic N) is 2. The van der Waals surface area contributed by atoms with Crippen LogP contribution >= 0.6 is 0 Å². The van der Waals surface area contributed by atoms with Crippen LogP contribution in [0.5, 0.6) is 0 Å². The molecule has 0 radical (unpaired) electrons. The quantitative estimate of drug-likeness (QED) is 0.778. The highest BCUT2D eigenvalue weighted by Gasteiger charge is 2.21. The molecule has 5 nitrogen and oxygen atoms in total. The summed E-state index contributed by atoms with van der Waals surface area (Å²) in [5.74, 6) is 0.662.